The summed E-state index contributed by atoms with van der Waals surface area (Å²) in [6, 6.07) is 0. The van der Waals surface area contributed by atoms with E-state index in [1.807, 2.05) is 0 Å². The van der Waals surface area contributed by atoms with Crippen LogP contribution in [0.15, 0.2) is 15.6 Å². The van der Waals surface area contributed by atoms with Crippen LogP contribution in [-0.4, -0.2) is 36.1 Å². The second-order valence-corrected chi connectivity index (χ2v) is 5.25. The van der Waals surface area contributed by atoms with Crippen LogP contribution in [0.5, 0.6) is 0 Å². The van der Waals surface area contributed by atoms with E-state index in [0.29, 0.717) is 16.3 Å². The van der Waals surface area contributed by atoms with E-state index in [-0.39, 0.29) is 5.56 Å². The molecule has 2 unspecified atom stereocenters. The monoisotopic (exact) mass is 284 g/mol. The smallest absolute Gasteiger partial charge is 0.267 e. The molecule has 6 heteroatoms. The van der Waals surface area contributed by atoms with E-state index in [0.717, 1.165) is 32.0 Å². The minimum absolute atomic E-state index is 0.111. The van der Waals surface area contributed by atoms with Crippen molar-refractivity contribution in [3.8, 4) is 0 Å². The van der Waals surface area contributed by atoms with Gasteiger partial charge in [-0.1, -0.05) is 0 Å². The third kappa shape index (κ3) is 1.56. The van der Waals surface area contributed by atoms with Crippen LogP contribution in [0, 0.1) is 11.8 Å². The van der Waals surface area contributed by atoms with Crippen molar-refractivity contribution in [3.63, 3.8) is 0 Å². The Bertz CT molecular complexity index is 448. The highest BCUT2D eigenvalue weighted by atomic mass is 79.9. The van der Waals surface area contributed by atoms with Crippen molar-refractivity contribution >= 4 is 21.7 Å². The molecule has 5 nitrogen and oxygen atoms in total. The second-order valence-electron chi connectivity index (χ2n) is 4.45. The zero-order chi connectivity index (χ0) is 11.1. The SMILES string of the molecule is O=c1[nH]cnc(N2CC3CNCC3C2)c1Br. The van der Waals surface area contributed by atoms with Gasteiger partial charge in [0.25, 0.3) is 5.56 Å². The summed E-state index contributed by atoms with van der Waals surface area (Å²) in [6.45, 7) is 4.16. The number of nitrogens with zero attached hydrogens (tertiary/aromatic N) is 2. The summed E-state index contributed by atoms with van der Waals surface area (Å²) < 4.78 is 0.544. The predicted molar refractivity (Wildman–Crippen MR) is 64.6 cm³/mol. The summed E-state index contributed by atoms with van der Waals surface area (Å²) in [7, 11) is 0. The maximum atomic E-state index is 11.5. The number of fused-ring (bicyclic) bond motifs is 1. The number of hydrogen-bond donors (Lipinski definition) is 2. The molecule has 2 fully saturated rings. The molecule has 2 atom stereocenters. The fourth-order valence-corrected chi connectivity index (χ4v) is 3.09. The average molecular weight is 285 g/mol. The summed E-state index contributed by atoms with van der Waals surface area (Å²) in [5.74, 6) is 2.18. The molecule has 0 aromatic carbocycles. The molecule has 2 saturated heterocycles. The van der Waals surface area contributed by atoms with Crippen molar-refractivity contribution in [1.29, 1.82) is 0 Å². The molecule has 2 N–H and O–H groups in total. The quantitative estimate of drug-likeness (QED) is 0.773. The summed E-state index contributed by atoms with van der Waals surface area (Å²) in [5, 5.41) is 3.40. The number of anilines is 1. The highest BCUT2D eigenvalue weighted by Crippen LogP contribution is 2.31. The first kappa shape index (κ1) is 10.3. The molecule has 3 heterocycles. The van der Waals surface area contributed by atoms with Crippen LogP contribution in [0.2, 0.25) is 0 Å². The number of halogens is 1. The lowest BCUT2D eigenvalue weighted by atomic mass is 10.0. The number of H-pyrrole nitrogens is 1. The van der Waals surface area contributed by atoms with Crippen LogP contribution >= 0.6 is 15.9 Å². The molecule has 0 radical (unpaired) electrons. The molecule has 2 aliphatic rings. The molecule has 0 spiro atoms. The summed E-state index contributed by atoms with van der Waals surface area (Å²) in [4.78, 5) is 20.5. The average Bonchev–Trinajstić information content (AvgIpc) is 2.81. The Balaban J connectivity index is 1.89. The Labute approximate surface area is 101 Å². The van der Waals surface area contributed by atoms with E-state index in [1.165, 1.54) is 6.33 Å². The Morgan fingerprint density at radius 3 is 2.75 bits per heavy atom. The van der Waals surface area contributed by atoms with Gasteiger partial charge in [-0.15, -0.1) is 0 Å². The van der Waals surface area contributed by atoms with Crippen molar-refractivity contribution in [2.45, 2.75) is 0 Å². The fraction of sp³-hybridized carbons (Fsp3) is 0.600. The van der Waals surface area contributed by atoms with Gasteiger partial charge in [0.05, 0.1) is 6.33 Å². The van der Waals surface area contributed by atoms with Crippen LogP contribution in [-0.2, 0) is 0 Å². The van der Waals surface area contributed by atoms with Crippen molar-refractivity contribution in [2.24, 2.45) is 11.8 Å². The second kappa shape index (κ2) is 3.85. The molecular formula is C10H13BrN4O. The van der Waals surface area contributed by atoms with E-state index >= 15 is 0 Å². The molecule has 0 saturated carbocycles. The Morgan fingerprint density at radius 2 is 2.06 bits per heavy atom. The van der Waals surface area contributed by atoms with Gasteiger partial charge in [0, 0.05) is 26.2 Å². The van der Waals surface area contributed by atoms with Crippen molar-refractivity contribution in [1.82, 2.24) is 15.3 Å². The summed E-state index contributed by atoms with van der Waals surface area (Å²) >= 11 is 3.31. The molecule has 1 aromatic heterocycles. The molecule has 2 aliphatic heterocycles. The molecular weight excluding hydrogens is 272 g/mol. The zero-order valence-corrected chi connectivity index (χ0v) is 10.3. The minimum atomic E-state index is -0.111. The zero-order valence-electron chi connectivity index (χ0n) is 8.74. The molecule has 0 bridgehead atoms. The molecule has 3 rings (SSSR count). The molecule has 86 valence electrons. The number of hydrogen-bond acceptors (Lipinski definition) is 4. The third-order valence-electron chi connectivity index (χ3n) is 3.47. The Morgan fingerprint density at radius 1 is 1.38 bits per heavy atom. The van der Waals surface area contributed by atoms with Crippen LogP contribution in [0.3, 0.4) is 0 Å². The highest BCUT2D eigenvalue weighted by Gasteiger charge is 2.37. The van der Waals surface area contributed by atoms with Gasteiger partial charge in [0.2, 0.25) is 0 Å². The van der Waals surface area contributed by atoms with E-state index < -0.39 is 0 Å². The lowest BCUT2D eigenvalue weighted by molar-refractivity contribution is 0.533. The molecule has 0 amide bonds. The largest absolute Gasteiger partial charge is 0.355 e. The van der Waals surface area contributed by atoms with Gasteiger partial charge in [0.1, 0.15) is 10.3 Å². The lowest BCUT2D eigenvalue weighted by Crippen LogP contribution is -2.28. The summed E-state index contributed by atoms with van der Waals surface area (Å²) in [6.07, 6.45) is 1.47. The molecule has 1 aromatic rings. The standard InChI is InChI=1S/C10H13BrN4O/c11-8-9(13-5-14-10(8)16)15-3-6-1-12-2-7(6)4-15/h5-7,12H,1-4H2,(H,13,14,16). The minimum Gasteiger partial charge on any atom is -0.355 e. The molecule has 16 heavy (non-hydrogen) atoms. The topological polar surface area (TPSA) is 61.0 Å². The van der Waals surface area contributed by atoms with Crippen LogP contribution in [0.1, 0.15) is 0 Å². The van der Waals surface area contributed by atoms with Crippen LogP contribution in [0.4, 0.5) is 5.82 Å². The van der Waals surface area contributed by atoms with Crippen molar-refractivity contribution in [3.05, 3.63) is 21.2 Å². The number of rotatable bonds is 1. The molecule has 0 aliphatic carbocycles. The first-order valence-corrected chi connectivity index (χ1v) is 6.24. The van der Waals surface area contributed by atoms with Gasteiger partial charge < -0.3 is 15.2 Å². The Hall–Kier alpha value is -0.880. The Kier molecular flexibility index (Phi) is 2.48. The first-order chi connectivity index (χ1) is 7.75. The van der Waals surface area contributed by atoms with Gasteiger partial charge >= 0.3 is 0 Å². The third-order valence-corrected chi connectivity index (χ3v) is 4.18. The highest BCUT2D eigenvalue weighted by molar-refractivity contribution is 9.10. The number of aromatic amines is 1. The van der Waals surface area contributed by atoms with Crippen molar-refractivity contribution < 1.29 is 0 Å². The maximum Gasteiger partial charge on any atom is 0.267 e. The van der Waals surface area contributed by atoms with Gasteiger partial charge in [-0.25, -0.2) is 4.98 Å². The van der Waals surface area contributed by atoms with E-state index in [1.54, 1.807) is 0 Å². The number of aromatic nitrogens is 2. The van der Waals surface area contributed by atoms with Crippen molar-refractivity contribution in [2.75, 3.05) is 31.1 Å². The van der Waals surface area contributed by atoms with E-state index in [9.17, 15) is 4.79 Å². The lowest BCUT2D eigenvalue weighted by Gasteiger charge is -2.18. The van der Waals surface area contributed by atoms with E-state index in [4.69, 9.17) is 0 Å². The summed E-state index contributed by atoms with van der Waals surface area (Å²) in [5.41, 5.74) is -0.111. The van der Waals surface area contributed by atoms with Gasteiger partial charge in [0.15, 0.2) is 0 Å². The maximum absolute atomic E-state index is 11.5. The number of nitrogens with one attached hydrogen (secondary N) is 2. The fourth-order valence-electron chi connectivity index (χ4n) is 2.62. The van der Waals surface area contributed by atoms with Gasteiger partial charge in [-0.2, -0.15) is 0 Å². The van der Waals surface area contributed by atoms with E-state index in [2.05, 4.69) is 36.1 Å². The normalized spacial score (nSPS) is 28.4. The van der Waals surface area contributed by atoms with Crippen LogP contribution < -0.4 is 15.8 Å². The van der Waals surface area contributed by atoms with Gasteiger partial charge in [-0.3, -0.25) is 4.79 Å². The van der Waals surface area contributed by atoms with Crippen LogP contribution in [0.25, 0.3) is 0 Å². The van der Waals surface area contributed by atoms with Gasteiger partial charge in [-0.05, 0) is 27.8 Å². The first-order valence-electron chi connectivity index (χ1n) is 5.44. The predicted octanol–water partition coefficient (Wildman–Crippen LogP) is 0.188.